The minimum absolute atomic E-state index is 0.0721. The molecule has 5 nitrogen and oxygen atoms in total. The number of rotatable bonds is 5. The van der Waals surface area contributed by atoms with Gasteiger partial charge in [0.15, 0.2) is 0 Å². The van der Waals surface area contributed by atoms with Crippen LogP contribution in [0.2, 0.25) is 0 Å². The molecule has 0 spiro atoms. The highest BCUT2D eigenvalue weighted by molar-refractivity contribution is 7.08. The van der Waals surface area contributed by atoms with Crippen LogP contribution in [-0.2, 0) is 22.6 Å². The van der Waals surface area contributed by atoms with E-state index in [2.05, 4.69) is 56.6 Å². The number of carbonyl (C=O) groups excluding carboxylic acids is 2. The molecule has 1 atom stereocenters. The normalized spacial score (nSPS) is 18.4. The molecule has 0 radical (unpaired) electrons. The first-order valence-electron chi connectivity index (χ1n) is 10.1. The number of amides is 2. The van der Waals surface area contributed by atoms with Crippen LogP contribution < -0.4 is 10.6 Å². The van der Waals surface area contributed by atoms with Gasteiger partial charge >= 0.3 is 11.8 Å². The maximum Gasteiger partial charge on any atom is 0.309 e. The first kappa shape index (κ1) is 19.2. The number of nitrogens with one attached hydrogen (secondary N) is 2. The predicted octanol–water partition coefficient (Wildman–Crippen LogP) is 3.02. The van der Waals surface area contributed by atoms with Crippen molar-refractivity contribution in [3.63, 3.8) is 0 Å². The average Bonchev–Trinajstić information content (AvgIpc) is 3.42. The fourth-order valence-electron chi connectivity index (χ4n) is 4.30. The Morgan fingerprint density at radius 2 is 1.89 bits per heavy atom. The SMILES string of the molecule is O=C(NC[C@H](c1ccsc1)N1CCc2ccccc2C1)C(=O)NC1CCCC1. The number of benzene rings is 1. The van der Waals surface area contributed by atoms with Gasteiger partial charge in [0.2, 0.25) is 0 Å². The van der Waals surface area contributed by atoms with E-state index in [4.69, 9.17) is 0 Å². The van der Waals surface area contributed by atoms with E-state index in [9.17, 15) is 9.59 Å². The molecule has 1 fully saturated rings. The van der Waals surface area contributed by atoms with Gasteiger partial charge in [0.1, 0.15) is 0 Å². The number of carbonyl (C=O) groups is 2. The van der Waals surface area contributed by atoms with Crippen LogP contribution in [0.1, 0.15) is 48.4 Å². The Labute approximate surface area is 170 Å². The Balaban J connectivity index is 1.40. The average molecular weight is 398 g/mol. The zero-order valence-electron chi connectivity index (χ0n) is 16.0. The second-order valence-electron chi connectivity index (χ2n) is 7.73. The van der Waals surface area contributed by atoms with Crippen LogP contribution in [0.3, 0.4) is 0 Å². The van der Waals surface area contributed by atoms with Crippen LogP contribution in [0.5, 0.6) is 0 Å². The molecule has 4 rings (SSSR count). The van der Waals surface area contributed by atoms with Crippen molar-refractivity contribution in [1.29, 1.82) is 0 Å². The highest BCUT2D eigenvalue weighted by Gasteiger charge is 2.27. The second-order valence-corrected chi connectivity index (χ2v) is 8.51. The Bertz CT molecular complexity index is 815. The highest BCUT2D eigenvalue weighted by Crippen LogP contribution is 2.28. The smallest absolute Gasteiger partial charge is 0.309 e. The number of fused-ring (bicyclic) bond motifs is 1. The van der Waals surface area contributed by atoms with Crippen molar-refractivity contribution in [3.8, 4) is 0 Å². The van der Waals surface area contributed by atoms with Crippen LogP contribution in [0.25, 0.3) is 0 Å². The molecule has 2 heterocycles. The van der Waals surface area contributed by atoms with Crippen molar-refractivity contribution < 1.29 is 9.59 Å². The topological polar surface area (TPSA) is 61.4 Å². The van der Waals surface area contributed by atoms with Crippen LogP contribution in [0.15, 0.2) is 41.1 Å². The summed E-state index contributed by atoms with van der Waals surface area (Å²) in [4.78, 5) is 27.0. The van der Waals surface area contributed by atoms with E-state index in [0.717, 1.165) is 45.2 Å². The lowest BCUT2D eigenvalue weighted by molar-refractivity contribution is -0.139. The van der Waals surface area contributed by atoms with E-state index in [0.29, 0.717) is 6.54 Å². The summed E-state index contributed by atoms with van der Waals surface area (Å²) < 4.78 is 0. The monoisotopic (exact) mass is 397 g/mol. The molecule has 148 valence electrons. The highest BCUT2D eigenvalue weighted by atomic mass is 32.1. The molecule has 1 aromatic heterocycles. The van der Waals surface area contributed by atoms with Crippen LogP contribution >= 0.6 is 11.3 Å². The van der Waals surface area contributed by atoms with Gasteiger partial charge < -0.3 is 10.6 Å². The van der Waals surface area contributed by atoms with Gasteiger partial charge in [-0.05, 0) is 52.8 Å². The Hall–Kier alpha value is -2.18. The number of hydrogen-bond donors (Lipinski definition) is 2. The van der Waals surface area contributed by atoms with E-state index in [1.165, 1.54) is 16.7 Å². The van der Waals surface area contributed by atoms with Crippen molar-refractivity contribution in [3.05, 3.63) is 57.8 Å². The molecule has 1 aliphatic carbocycles. The van der Waals surface area contributed by atoms with Crippen molar-refractivity contribution >= 4 is 23.2 Å². The van der Waals surface area contributed by atoms with Crippen LogP contribution in [0.4, 0.5) is 0 Å². The minimum atomic E-state index is -0.524. The quantitative estimate of drug-likeness (QED) is 0.763. The molecule has 2 N–H and O–H groups in total. The third-order valence-electron chi connectivity index (χ3n) is 5.88. The lowest BCUT2D eigenvalue weighted by Crippen LogP contribution is -2.47. The molecule has 1 saturated carbocycles. The lowest BCUT2D eigenvalue weighted by atomic mass is 9.97. The fourth-order valence-corrected chi connectivity index (χ4v) is 5.00. The van der Waals surface area contributed by atoms with E-state index < -0.39 is 11.8 Å². The minimum Gasteiger partial charge on any atom is -0.346 e. The van der Waals surface area contributed by atoms with Gasteiger partial charge in [-0.25, -0.2) is 0 Å². The van der Waals surface area contributed by atoms with Gasteiger partial charge in [0.05, 0.1) is 6.04 Å². The van der Waals surface area contributed by atoms with Gasteiger partial charge in [-0.1, -0.05) is 37.1 Å². The molecule has 0 bridgehead atoms. The number of nitrogens with zero attached hydrogens (tertiary/aromatic N) is 1. The van der Waals surface area contributed by atoms with Gasteiger partial charge in [-0.3, -0.25) is 14.5 Å². The third-order valence-corrected chi connectivity index (χ3v) is 6.58. The van der Waals surface area contributed by atoms with E-state index in [1.807, 2.05) is 0 Å². The fraction of sp³-hybridized carbons (Fsp3) is 0.455. The Morgan fingerprint density at radius 3 is 2.64 bits per heavy atom. The zero-order chi connectivity index (χ0) is 19.3. The Morgan fingerprint density at radius 1 is 1.11 bits per heavy atom. The van der Waals surface area contributed by atoms with Crippen molar-refractivity contribution in [2.24, 2.45) is 0 Å². The maximum absolute atomic E-state index is 12.3. The molecule has 0 unspecified atom stereocenters. The first-order chi connectivity index (χ1) is 13.7. The summed E-state index contributed by atoms with van der Waals surface area (Å²) in [5.74, 6) is -1.02. The van der Waals surface area contributed by atoms with Gasteiger partial charge in [-0.2, -0.15) is 11.3 Å². The summed E-state index contributed by atoms with van der Waals surface area (Å²) in [5, 5.41) is 9.94. The second kappa shape index (κ2) is 8.88. The third kappa shape index (κ3) is 4.45. The van der Waals surface area contributed by atoms with E-state index >= 15 is 0 Å². The van der Waals surface area contributed by atoms with Crippen molar-refractivity contribution in [2.75, 3.05) is 13.1 Å². The Kier molecular flexibility index (Phi) is 6.07. The molecule has 2 aromatic rings. The summed E-state index contributed by atoms with van der Waals surface area (Å²) in [6.45, 7) is 2.25. The van der Waals surface area contributed by atoms with Gasteiger partial charge in [0.25, 0.3) is 0 Å². The molecular formula is C22H27N3O2S. The van der Waals surface area contributed by atoms with Crippen LogP contribution in [-0.4, -0.2) is 35.8 Å². The summed E-state index contributed by atoms with van der Waals surface area (Å²) >= 11 is 1.66. The first-order valence-corrected chi connectivity index (χ1v) is 11.1. The summed E-state index contributed by atoms with van der Waals surface area (Å²) in [7, 11) is 0. The van der Waals surface area contributed by atoms with Crippen molar-refractivity contribution in [1.82, 2.24) is 15.5 Å². The molecule has 2 aliphatic rings. The lowest BCUT2D eigenvalue weighted by Gasteiger charge is -2.35. The summed E-state index contributed by atoms with van der Waals surface area (Å²) in [6, 6.07) is 10.9. The largest absolute Gasteiger partial charge is 0.346 e. The summed E-state index contributed by atoms with van der Waals surface area (Å²) in [5.41, 5.74) is 3.95. The molecule has 0 saturated heterocycles. The predicted molar refractivity (Wildman–Crippen MR) is 111 cm³/mol. The molecule has 2 amide bonds. The standard InChI is InChI=1S/C22H27N3O2S/c26-21(22(27)24-19-7-3-4-8-19)23-13-20(18-10-12-28-15-18)25-11-9-16-5-1-2-6-17(16)14-25/h1-2,5-6,10,12,15,19-20H,3-4,7-9,11,13-14H2,(H,23,26)(H,24,27)/t20-/m1/s1. The van der Waals surface area contributed by atoms with E-state index in [1.54, 1.807) is 11.3 Å². The molecule has 6 heteroatoms. The van der Waals surface area contributed by atoms with Gasteiger partial charge in [-0.15, -0.1) is 0 Å². The maximum atomic E-state index is 12.3. The number of thiophene rings is 1. The van der Waals surface area contributed by atoms with Crippen LogP contribution in [0, 0.1) is 0 Å². The molecule has 28 heavy (non-hydrogen) atoms. The zero-order valence-corrected chi connectivity index (χ0v) is 16.8. The molecule has 1 aliphatic heterocycles. The summed E-state index contributed by atoms with van der Waals surface area (Å²) in [6.07, 6.45) is 5.22. The number of hydrogen-bond acceptors (Lipinski definition) is 4. The molecular weight excluding hydrogens is 370 g/mol. The molecule has 1 aromatic carbocycles. The van der Waals surface area contributed by atoms with Gasteiger partial charge in [0, 0.05) is 25.7 Å². The van der Waals surface area contributed by atoms with E-state index in [-0.39, 0.29) is 12.1 Å². The van der Waals surface area contributed by atoms with Crippen molar-refractivity contribution in [2.45, 2.75) is 50.7 Å².